The molecule has 1 fully saturated rings. The fourth-order valence-electron chi connectivity index (χ4n) is 5.07. The Morgan fingerprint density at radius 1 is 0.898 bits per heavy atom. The Morgan fingerprint density at radius 3 is 2.18 bits per heavy atom. The molecule has 3 aromatic carbocycles. The highest BCUT2D eigenvalue weighted by atomic mass is 35.5. The molecule has 0 saturated carbocycles. The van der Waals surface area contributed by atoms with E-state index < -0.39 is 54.4 Å². The second kappa shape index (κ2) is 14.2. The van der Waals surface area contributed by atoms with Gasteiger partial charge < -0.3 is 18.9 Å². The smallest absolute Gasteiger partial charge is 0.351 e. The van der Waals surface area contributed by atoms with Gasteiger partial charge in [-0.1, -0.05) is 59.2 Å². The molecular weight excluding hydrogens is 658 g/mol. The molecule has 0 aliphatic carbocycles. The zero-order chi connectivity index (χ0) is 34.4. The summed E-state index contributed by atoms with van der Waals surface area (Å²) in [6.07, 6.45) is 0.755. The number of azide groups is 1. The molecule has 0 bridgehead atoms. The number of aromatic nitrogens is 4. The first-order valence-corrected chi connectivity index (χ1v) is 14.9. The van der Waals surface area contributed by atoms with E-state index >= 15 is 0 Å². The average Bonchev–Trinajstić information content (AvgIpc) is 3.76. The van der Waals surface area contributed by atoms with Crippen molar-refractivity contribution in [2.45, 2.75) is 24.2 Å². The van der Waals surface area contributed by atoms with Crippen molar-refractivity contribution in [3.8, 4) is 5.82 Å². The van der Waals surface area contributed by atoms with Crippen molar-refractivity contribution in [3.05, 3.63) is 159 Å². The number of hydrogen-bond donors (Lipinski definition) is 0. The Hall–Kier alpha value is -6.28. The average molecular weight is 682 g/mol. The third-order valence-corrected chi connectivity index (χ3v) is 7.62. The highest BCUT2D eigenvalue weighted by molar-refractivity contribution is 6.30. The molecule has 0 N–H and O–H groups in total. The largest absolute Gasteiger partial charge is 0.459 e. The minimum atomic E-state index is -2.37. The Morgan fingerprint density at radius 2 is 1.57 bits per heavy atom. The molecule has 15 nitrogen and oxygen atoms in total. The van der Waals surface area contributed by atoms with Gasteiger partial charge in [0.2, 0.25) is 5.72 Å². The van der Waals surface area contributed by atoms with Crippen molar-refractivity contribution < 1.29 is 33.3 Å². The summed E-state index contributed by atoms with van der Waals surface area (Å²) in [6, 6.07) is 23.0. The molecule has 4 atom stereocenters. The van der Waals surface area contributed by atoms with Gasteiger partial charge in [0.15, 0.2) is 18.4 Å². The van der Waals surface area contributed by atoms with Gasteiger partial charge in [-0.3, -0.25) is 9.13 Å². The van der Waals surface area contributed by atoms with Gasteiger partial charge in [0.1, 0.15) is 18.8 Å². The Labute approximate surface area is 281 Å². The lowest BCUT2D eigenvalue weighted by atomic mass is 10.0. The monoisotopic (exact) mass is 681 g/mol. The Kier molecular flexibility index (Phi) is 9.48. The molecular formula is C33H24ClN7O8. The first kappa shape index (κ1) is 32.7. The number of esters is 3. The molecule has 5 aromatic rings. The van der Waals surface area contributed by atoms with Crippen LogP contribution in [0.5, 0.6) is 0 Å². The number of hydrogen-bond acceptors (Lipinski definition) is 11. The minimum Gasteiger partial charge on any atom is -0.459 e. The van der Waals surface area contributed by atoms with Gasteiger partial charge in [0.25, 0.3) is 0 Å². The van der Waals surface area contributed by atoms with Gasteiger partial charge in [-0.05, 0) is 54.1 Å². The number of nitrogens with zero attached hydrogens (tertiary/aromatic N) is 7. The molecule has 0 spiro atoms. The van der Waals surface area contributed by atoms with Crippen molar-refractivity contribution in [1.29, 1.82) is 0 Å². The van der Waals surface area contributed by atoms with Crippen LogP contribution >= 0.6 is 11.6 Å². The lowest BCUT2D eigenvalue weighted by Gasteiger charge is -2.29. The molecule has 0 unspecified atom stereocenters. The van der Waals surface area contributed by atoms with Crippen molar-refractivity contribution >= 4 is 29.5 Å². The van der Waals surface area contributed by atoms with E-state index in [9.17, 15) is 24.7 Å². The summed E-state index contributed by atoms with van der Waals surface area (Å²) in [7, 11) is 0. The van der Waals surface area contributed by atoms with Gasteiger partial charge in [-0.15, -0.1) is 0 Å². The minimum absolute atomic E-state index is 0.0542. The van der Waals surface area contributed by atoms with Crippen molar-refractivity contribution in [1.82, 2.24) is 19.1 Å². The molecule has 1 aliphatic heterocycles. The maximum Gasteiger partial charge on any atom is 0.351 e. The maximum absolute atomic E-state index is 13.5. The van der Waals surface area contributed by atoms with Crippen molar-refractivity contribution in [3.63, 3.8) is 0 Å². The summed E-state index contributed by atoms with van der Waals surface area (Å²) < 4.78 is 26.0. The molecule has 2 aromatic heterocycles. The molecule has 6 rings (SSSR count). The fourth-order valence-corrected chi connectivity index (χ4v) is 5.26. The van der Waals surface area contributed by atoms with E-state index in [0.717, 1.165) is 4.57 Å². The van der Waals surface area contributed by atoms with Crippen LogP contribution in [-0.4, -0.2) is 61.5 Å². The van der Waals surface area contributed by atoms with Crippen LogP contribution in [0, 0.1) is 0 Å². The van der Waals surface area contributed by atoms with E-state index in [1.54, 1.807) is 48.7 Å². The first-order valence-electron chi connectivity index (χ1n) is 14.5. The van der Waals surface area contributed by atoms with E-state index in [4.69, 9.17) is 30.5 Å². The molecule has 16 heteroatoms. The lowest BCUT2D eigenvalue weighted by molar-refractivity contribution is -0.129. The molecule has 1 saturated heterocycles. The number of ether oxygens (including phenoxy) is 4. The summed E-state index contributed by atoms with van der Waals surface area (Å²) in [5.74, 6) is -2.49. The van der Waals surface area contributed by atoms with E-state index in [2.05, 4.69) is 20.0 Å². The van der Waals surface area contributed by atoms with Crippen LogP contribution in [0.4, 0.5) is 0 Å². The predicted octanol–water partition coefficient (Wildman–Crippen LogP) is 4.93. The van der Waals surface area contributed by atoms with Crippen LogP contribution in [0.3, 0.4) is 0 Å². The highest BCUT2D eigenvalue weighted by Gasteiger charge is 2.61. The van der Waals surface area contributed by atoms with E-state index in [1.165, 1.54) is 71.8 Å². The van der Waals surface area contributed by atoms with Gasteiger partial charge in [-0.25, -0.2) is 24.2 Å². The molecule has 0 radical (unpaired) electrons. The third kappa shape index (κ3) is 7.04. The molecule has 3 heterocycles. The summed E-state index contributed by atoms with van der Waals surface area (Å²) >= 11 is 6.05. The van der Waals surface area contributed by atoms with Crippen molar-refractivity contribution in [2.24, 2.45) is 5.11 Å². The molecule has 246 valence electrons. The standard InChI is InChI=1S/C33H24ClN7O8/c34-24-13-7-12-23(18-24)29(42)46-19-33(38-39-35)27(48-31(44)22-10-5-2-6-11-22)26(47-30(43)21-8-3-1-4-9-21)28(49-33)41-16-14-25(37-32(41)45)40-17-15-36-20-40/h1-18,20,26-28H,19H2/t26-,27+,28-,33-/m1/s1. The number of carbonyl (C=O) groups is 3. The highest BCUT2D eigenvalue weighted by Crippen LogP contribution is 2.43. The Bertz CT molecular complexity index is 2090. The van der Waals surface area contributed by atoms with Crippen LogP contribution in [0.2, 0.25) is 5.02 Å². The number of imidazole rings is 1. The second-order valence-electron chi connectivity index (χ2n) is 10.5. The van der Waals surface area contributed by atoms with E-state index in [0.29, 0.717) is 0 Å². The zero-order valence-corrected chi connectivity index (χ0v) is 25.9. The third-order valence-electron chi connectivity index (χ3n) is 7.39. The Balaban J connectivity index is 1.45. The van der Waals surface area contributed by atoms with Crippen molar-refractivity contribution in [2.75, 3.05) is 6.61 Å². The normalized spacial score (nSPS) is 19.7. The molecule has 1 aliphatic rings. The first-order chi connectivity index (χ1) is 23.8. The number of carbonyl (C=O) groups excluding carboxylic acids is 3. The van der Waals surface area contributed by atoms with Gasteiger partial charge in [-0.2, -0.15) is 4.98 Å². The van der Waals surface area contributed by atoms with Crippen LogP contribution in [0.25, 0.3) is 16.3 Å². The number of benzene rings is 3. The van der Waals surface area contributed by atoms with Gasteiger partial charge in [0.05, 0.1) is 16.7 Å². The number of rotatable bonds is 10. The van der Waals surface area contributed by atoms with E-state index in [-0.39, 0.29) is 27.5 Å². The topological polar surface area (TPSA) is 190 Å². The lowest BCUT2D eigenvalue weighted by Crippen LogP contribution is -2.49. The predicted molar refractivity (Wildman–Crippen MR) is 171 cm³/mol. The summed E-state index contributed by atoms with van der Waals surface area (Å²) in [5, 5.41) is 4.05. The van der Waals surface area contributed by atoms with Crippen LogP contribution < -0.4 is 5.69 Å². The molecule has 49 heavy (non-hydrogen) atoms. The summed E-state index contributed by atoms with van der Waals surface area (Å²) in [6.45, 7) is -0.847. The van der Waals surface area contributed by atoms with Gasteiger partial charge >= 0.3 is 23.6 Å². The molecule has 0 amide bonds. The van der Waals surface area contributed by atoms with E-state index in [1.807, 2.05) is 0 Å². The zero-order valence-electron chi connectivity index (χ0n) is 25.2. The second-order valence-corrected chi connectivity index (χ2v) is 10.9. The summed E-state index contributed by atoms with van der Waals surface area (Å²) in [5.41, 5.74) is 6.77. The van der Waals surface area contributed by atoms with Crippen LogP contribution in [-0.2, 0) is 18.9 Å². The summed E-state index contributed by atoms with van der Waals surface area (Å²) in [4.78, 5) is 64.6. The van der Waals surface area contributed by atoms with Crippen LogP contribution in [0.1, 0.15) is 37.3 Å². The van der Waals surface area contributed by atoms with Crippen LogP contribution in [0.15, 0.2) is 126 Å². The quantitative estimate of drug-likeness (QED) is 0.0642. The maximum atomic E-state index is 13.5. The SMILES string of the molecule is [N-]=[N+]=N[C@]1(COC(=O)c2cccc(Cl)c2)O[C@@H](n2ccc(-n3ccnc3)nc2=O)[C@H](OC(=O)c2ccccc2)[C@@H]1OC(=O)c1ccccc1. The number of halogens is 1. The fraction of sp³-hybridized carbons (Fsp3) is 0.152. The van der Waals surface area contributed by atoms with Gasteiger partial charge in [0, 0.05) is 28.5 Å².